The van der Waals surface area contributed by atoms with Crippen molar-refractivity contribution in [2.45, 2.75) is 75.2 Å². The van der Waals surface area contributed by atoms with Gasteiger partial charge in [-0.3, -0.25) is 0 Å². The Hall–Kier alpha value is 0.506. The Morgan fingerprint density at radius 3 is 1.06 bits per heavy atom. The van der Waals surface area contributed by atoms with E-state index in [0.29, 0.717) is 0 Å². The first kappa shape index (κ1) is 6.79. The summed E-state index contributed by atoms with van der Waals surface area (Å²) in [5.41, 5.74) is 0. The van der Waals surface area contributed by atoms with Crippen LogP contribution in [0.25, 0.3) is 0 Å². The van der Waals surface area contributed by atoms with Crippen LogP contribution in [0.15, 0.2) is 0 Å². The molecule has 1 heteroatoms. The van der Waals surface area contributed by atoms with Crippen LogP contribution in [-0.2, 0) is 6.37 Å². The summed E-state index contributed by atoms with van der Waals surface area (Å²) in [5, 5.41) is 0. The molecule has 0 aromatic carbocycles. The fraction of sp³-hybridized carbons (Fsp3) is 1.00. The van der Waals surface area contributed by atoms with Gasteiger partial charge in [0.15, 0.2) is 0 Å². The second-order valence-electron chi connectivity index (χ2n) is 11.8. The van der Waals surface area contributed by atoms with Crippen molar-refractivity contribution in [2.24, 2.45) is 11.8 Å². The van der Waals surface area contributed by atoms with Gasteiger partial charge < -0.3 is 0 Å². The van der Waals surface area contributed by atoms with E-state index >= 15 is 0 Å². The predicted molar refractivity (Wildman–Crippen MR) is 65.1 cm³/mol. The molecule has 10 heterocycles. The topological polar surface area (TPSA) is 0 Å². The van der Waals surface area contributed by atoms with Crippen molar-refractivity contribution in [1.82, 2.24) is 0 Å². The van der Waals surface area contributed by atoms with Crippen LogP contribution in [0.5, 0.6) is 0 Å². The third kappa shape index (κ3) is 0.0611. The van der Waals surface area contributed by atoms with Gasteiger partial charge >= 0.3 is 93.4 Å². The van der Waals surface area contributed by atoms with Gasteiger partial charge in [0.05, 0.1) is 0 Å². The molecular weight excluding hydrogens is 251 g/mol. The van der Waals surface area contributed by atoms with Crippen molar-refractivity contribution < 1.29 is 6.37 Å². The quantitative estimate of drug-likeness (QED) is 0.629. The molecule has 10 saturated heterocycles. The van der Waals surface area contributed by atoms with Crippen molar-refractivity contribution in [3.63, 3.8) is 0 Å². The summed E-state index contributed by atoms with van der Waals surface area (Å²) in [6, 6.07) is 0. The van der Waals surface area contributed by atoms with E-state index in [1.165, 1.54) is 38.8 Å². The maximum atomic E-state index is 2.65. The summed E-state index contributed by atoms with van der Waals surface area (Å²) in [6.45, 7) is 10.6. The van der Waals surface area contributed by atoms with Gasteiger partial charge in [0.2, 0.25) is 0 Å². The van der Waals surface area contributed by atoms with E-state index in [1.807, 2.05) is 0 Å². The Labute approximate surface area is 93.4 Å². The van der Waals surface area contributed by atoms with Gasteiger partial charge in [-0.25, -0.2) is 0 Å². The third-order valence-corrected chi connectivity index (χ3v) is 57.4. The van der Waals surface area contributed by atoms with Crippen LogP contribution >= 0.6 is 0 Å². The summed E-state index contributed by atoms with van der Waals surface area (Å²) in [6.07, 6.45) is -2.80. The van der Waals surface area contributed by atoms with Gasteiger partial charge in [0.1, 0.15) is 0 Å². The average Bonchev–Trinajstić information content (AvgIpc) is 3.22. The molecule has 95 valence electrons. The van der Waals surface area contributed by atoms with Crippen LogP contribution in [-0.4, -0.2) is 0 Å². The molecule has 0 nitrogen and oxygen atoms in total. The van der Waals surface area contributed by atoms with Crippen molar-refractivity contribution in [3.8, 4) is 0 Å². The van der Waals surface area contributed by atoms with Crippen molar-refractivity contribution >= 4 is 0 Å². The number of fused-ring (bicyclic) bond motifs is 10. The molecule has 0 aromatic rings. The number of hydrogen-bond acceptors (Lipinski definition) is 0. The number of hydrogen-bond donors (Lipinski definition) is 0. The Morgan fingerprint density at radius 1 is 0.647 bits per heavy atom. The second kappa shape index (κ2) is 0.518. The van der Waals surface area contributed by atoms with E-state index in [4.69, 9.17) is 0 Å². The number of rotatable bonds is 2. The first-order chi connectivity index (χ1) is 7.82. The van der Waals surface area contributed by atoms with E-state index in [-0.39, 0.29) is 0 Å². The monoisotopic (exact) mass is 273 g/mol. The molecule has 0 aliphatic carbocycles. The molecule has 1 spiro atoms. The molecule has 10 aliphatic heterocycles. The average molecular weight is 273 g/mol. The summed E-state index contributed by atoms with van der Waals surface area (Å²) >= 11 is 0. The molecule has 0 amide bonds. The van der Waals surface area contributed by atoms with Crippen LogP contribution in [0.2, 0.25) is 47.5 Å². The predicted octanol–water partition coefficient (Wildman–Crippen LogP) is 5.43. The second-order valence-corrected chi connectivity index (χ2v) is 33.7. The van der Waals surface area contributed by atoms with Crippen LogP contribution in [0.1, 0.15) is 27.7 Å². The summed E-state index contributed by atoms with van der Waals surface area (Å²) < 4.78 is 2.26. The van der Waals surface area contributed by atoms with Gasteiger partial charge in [-0.2, -0.15) is 0 Å². The van der Waals surface area contributed by atoms with Crippen LogP contribution in [0.3, 0.4) is 0 Å². The van der Waals surface area contributed by atoms with Crippen LogP contribution in [0.4, 0.5) is 0 Å². The first-order valence-electron chi connectivity index (χ1n) is 7.91. The van der Waals surface area contributed by atoms with E-state index in [2.05, 4.69) is 27.7 Å². The van der Waals surface area contributed by atoms with Crippen molar-refractivity contribution in [2.75, 3.05) is 0 Å². The van der Waals surface area contributed by atoms with Crippen LogP contribution in [0, 0.1) is 11.8 Å². The van der Waals surface area contributed by atoms with Gasteiger partial charge in [0.25, 0.3) is 0 Å². The van der Waals surface area contributed by atoms with E-state index in [9.17, 15) is 0 Å². The Bertz CT molecular complexity index is 906. The van der Waals surface area contributed by atoms with E-state index in [0.717, 1.165) is 20.5 Å². The zero-order valence-corrected chi connectivity index (χ0v) is 12.1. The fourth-order valence-corrected chi connectivity index (χ4v) is 93.8. The molecule has 10 fully saturated rings. The van der Waals surface area contributed by atoms with Crippen LogP contribution < -0.4 is 0 Å². The van der Waals surface area contributed by atoms with Gasteiger partial charge in [-0.05, 0) is 0 Å². The zero-order valence-electron chi connectivity index (χ0n) is 11.1. The Morgan fingerprint density at radius 2 is 0.941 bits per heavy atom. The third-order valence-electron chi connectivity index (χ3n) is 16.0. The summed E-state index contributed by atoms with van der Waals surface area (Å²) in [7, 11) is 0. The molecule has 0 radical (unpaired) electrons. The van der Waals surface area contributed by atoms with E-state index < -0.39 is 6.37 Å². The molecular formula is C16H22Co. The molecule has 0 bridgehead atoms. The minimum atomic E-state index is -2.80. The Kier molecular flexibility index (Phi) is 0.207. The van der Waals surface area contributed by atoms with Crippen molar-refractivity contribution in [1.29, 1.82) is 0 Å². The molecule has 0 saturated carbocycles. The molecule has 0 N–H and O–H groups in total. The standard InChI is InChI=1S/2C8H11.Co/c2*1-7(2)8-5-3-4-6-8;/h2*3-7H,1-2H3;. The van der Waals surface area contributed by atoms with E-state index in [1.54, 1.807) is 0 Å². The first-order valence-corrected chi connectivity index (χ1v) is 13.8. The molecule has 10 aliphatic rings. The van der Waals surface area contributed by atoms with Crippen molar-refractivity contribution in [3.05, 3.63) is 0 Å². The van der Waals surface area contributed by atoms with Gasteiger partial charge in [0, 0.05) is 0 Å². The van der Waals surface area contributed by atoms with Gasteiger partial charge in [-0.15, -0.1) is 0 Å². The fourth-order valence-electron chi connectivity index (χ4n) is 19.0. The summed E-state index contributed by atoms with van der Waals surface area (Å²) in [4.78, 5) is 11.9. The molecule has 0 aromatic heterocycles. The summed E-state index contributed by atoms with van der Waals surface area (Å²) in [5.74, 6) is 2.20. The molecule has 10 rings (SSSR count). The maximum absolute atomic E-state index is 2.80. The molecule has 8 atom stereocenters. The molecule has 17 heavy (non-hydrogen) atoms. The Balaban J connectivity index is 1.72. The normalized spacial score (nSPS) is 124. The van der Waals surface area contributed by atoms with Gasteiger partial charge in [-0.1, -0.05) is 0 Å². The SMILES string of the molecule is CC(C)[C]12[CH]3[CH]4[CH]5[CH]1[Co]45321678[CH]2[CH]1[CH]6[C]7(C(C)C)[CH]28. The zero-order chi connectivity index (χ0) is 11.1. The molecule has 8 unspecified atom stereocenters. The minimum absolute atomic E-state index is 1.10.